The molecule has 0 bridgehead atoms. The summed E-state index contributed by atoms with van der Waals surface area (Å²) in [7, 11) is 0. The lowest BCUT2D eigenvalue weighted by atomic mass is 10.3. The molecule has 0 radical (unpaired) electrons. The third-order valence-corrected chi connectivity index (χ3v) is 2.56. The predicted octanol–water partition coefficient (Wildman–Crippen LogP) is 2.00. The highest BCUT2D eigenvalue weighted by molar-refractivity contribution is 5.84. The molecule has 1 aromatic carbocycles. The normalized spacial score (nSPS) is 10.5. The number of imidazole rings is 1. The minimum atomic E-state index is -0.444. The maximum absolute atomic E-state index is 10.6. The van der Waals surface area contributed by atoms with Gasteiger partial charge in [0, 0.05) is 17.8 Å². The first kappa shape index (κ1) is 11.1. The third-order valence-electron chi connectivity index (χ3n) is 2.56. The van der Waals surface area contributed by atoms with Gasteiger partial charge in [-0.1, -0.05) is 0 Å². The Balaban J connectivity index is 1.92. The van der Waals surface area contributed by atoms with Crippen LogP contribution in [0.25, 0.3) is 11.2 Å². The number of fused-ring (bicyclic) bond motifs is 1. The molecule has 0 fully saturated rings. The second-order valence-electron chi connectivity index (χ2n) is 3.75. The minimum absolute atomic E-state index is 0.0400. The van der Waals surface area contributed by atoms with Crippen molar-refractivity contribution in [2.45, 2.75) is 0 Å². The SMILES string of the molecule is O=[N+]([O-])c1ccc(Nc2ncnc3[nH]cnc23)cc1. The van der Waals surface area contributed by atoms with Gasteiger partial charge < -0.3 is 10.3 Å². The molecule has 0 saturated carbocycles. The molecule has 8 heteroatoms. The van der Waals surface area contributed by atoms with Crippen LogP contribution < -0.4 is 5.32 Å². The molecular weight excluding hydrogens is 248 g/mol. The van der Waals surface area contributed by atoms with Gasteiger partial charge in [0.05, 0.1) is 11.3 Å². The topological polar surface area (TPSA) is 110 Å². The molecular formula is C11H8N6O2. The highest BCUT2D eigenvalue weighted by Crippen LogP contribution is 2.22. The van der Waals surface area contributed by atoms with Gasteiger partial charge in [-0.15, -0.1) is 0 Å². The van der Waals surface area contributed by atoms with Crippen LogP contribution in [-0.4, -0.2) is 24.9 Å². The standard InChI is InChI=1S/C11H8N6O2/c18-17(19)8-3-1-7(2-4-8)16-11-9-10(13-5-12-9)14-6-15-11/h1-6H,(H2,12,13,14,15,16). The van der Waals surface area contributed by atoms with Crippen LogP contribution in [0.1, 0.15) is 0 Å². The third kappa shape index (κ3) is 2.06. The van der Waals surface area contributed by atoms with E-state index >= 15 is 0 Å². The van der Waals surface area contributed by atoms with Crippen molar-refractivity contribution in [2.75, 3.05) is 5.32 Å². The summed E-state index contributed by atoms with van der Waals surface area (Å²) in [5.74, 6) is 0.542. The maximum Gasteiger partial charge on any atom is 0.269 e. The van der Waals surface area contributed by atoms with E-state index in [2.05, 4.69) is 25.3 Å². The van der Waals surface area contributed by atoms with Crippen molar-refractivity contribution in [1.29, 1.82) is 0 Å². The summed E-state index contributed by atoms with van der Waals surface area (Å²) >= 11 is 0. The smallest absolute Gasteiger partial charge is 0.269 e. The maximum atomic E-state index is 10.6. The number of anilines is 2. The zero-order chi connectivity index (χ0) is 13.2. The predicted molar refractivity (Wildman–Crippen MR) is 68.1 cm³/mol. The van der Waals surface area contributed by atoms with Crippen molar-refractivity contribution in [2.24, 2.45) is 0 Å². The van der Waals surface area contributed by atoms with E-state index in [0.717, 1.165) is 0 Å². The molecule has 2 aromatic heterocycles. The summed E-state index contributed by atoms with van der Waals surface area (Å²) in [5.41, 5.74) is 1.96. The van der Waals surface area contributed by atoms with Crippen LogP contribution in [0.4, 0.5) is 17.2 Å². The van der Waals surface area contributed by atoms with Crippen molar-refractivity contribution < 1.29 is 4.92 Å². The summed E-state index contributed by atoms with van der Waals surface area (Å²) in [5, 5.41) is 13.6. The molecule has 2 heterocycles. The van der Waals surface area contributed by atoms with Gasteiger partial charge in [-0.25, -0.2) is 15.0 Å². The van der Waals surface area contributed by atoms with Crippen LogP contribution >= 0.6 is 0 Å². The Morgan fingerprint density at radius 1 is 1.16 bits per heavy atom. The molecule has 0 aliphatic heterocycles. The molecule has 2 N–H and O–H groups in total. The molecule has 3 aromatic rings. The highest BCUT2D eigenvalue weighted by Gasteiger charge is 2.08. The van der Waals surface area contributed by atoms with Gasteiger partial charge in [-0.2, -0.15) is 0 Å². The number of hydrogen-bond donors (Lipinski definition) is 2. The summed E-state index contributed by atoms with van der Waals surface area (Å²) in [6, 6.07) is 6.06. The number of nitrogens with one attached hydrogen (secondary N) is 2. The quantitative estimate of drug-likeness (QED) is 0.547. The van der Waals surface area contributed by atoms with E-state index in [1.165, 1.54) is 24.8 Å². The number of nitro benzene ring substituents is 1. The number of non-ortho nitro benzene ring substituents is 1. The van der Waals surface area contributed by atoms with Crippen LogP contribution in [0, 0.1) is 10.1 Å². The second-order valence-corrected chi connectivity index (χ2v) is 3.75. The Morgan fingerprint density at radius 3 is 2.68 bits per heavy atom. The van der Waals surface area contributed by atoms with Crippen LogP contribution in [0.5, 0.6) is 0 Å². The Kier molecular flexibility index (Phi) is 2.53. The van der Waals surface area contributed by atoms with Crippen molar-refractivity contribution in [3.8, 4) is 0 Å². The first-order valence-electron chi connectivity index (χ1n) is 5.39. The monoisotopic (exact) mass is 256 g/mol. The first-order chi connectivity index (χ1) is 9.24. The lowest BCUT2D eigenvalue weighted by Gasteiger charge is -2.04. The molecule has 0 atom stereocenters. The largest absolute Gasteiger partial charge is 0.338 e. The van der Waals surface area contributed by atoms with E-state index in [-0.39, 0.29) is 5.69 Å². The number of H-pyrrole nitrogens is 1. The van der Waals surface area contributed by atoms with E-state index in [4.69, 9.17) is 0 Å². The molecule has 0 aliphatic carbocycles. The molecule has 19 heavy (non-hydrogen) atoms. The van der Waals surface area contributed by atoms with E-state index in [9.17, 15) is 10.1 Å². The zero-order valence-electron chi connectivity index (χ0n) is 9.57. The molecule has 0 spiro atoms. The van der Waals surface area contributed by atoms with Crippen molar-refractivity contribution in [3.63, 3.8) is 0 Å². The molecule has 3 rings (SSSR count). The summed E-state index contributed by atoms with van der Waals surface area (Å²) in [6.07, 6.45) is 2.94. The number of aromatic nitrogens is 4. The number of aromatic amines is 1. The Morgan fingerprint density at radius 2 is 1.95 bits per heavy atom. The van der Waals surface area contributed by atoms with Gasteiger partial charge >= 0.3 is 0 Å². The molecule has 8 nitrogen and oxygen atoms in total. The first-order valence-corrected chi connectivity index (χ1v) is 5.39. The molecule has 0 amide bonds. The lowest BCUT2D eigenvalue weighted by Crippen LogP contribution is -1.96. The molecule has 0 saturated heterocycles. The van der Waals surface area contributed by atoms with Gasteiger partial charge in [0.25, 0.3) is 5.69 Å². The number of nitro groups is 1. The average molecular weight is 256 g/mol. The molecule has 0 unspecified atom stereocenters. The Bertz CT molecular complexity index is 736. The van der Waals surface area contributed by atoms with E-state index in [0.29, 0.717) is 22.7 Å². The van der Waals surface area contributed by atoms with Gasteiger partial charge in [-0.3, -0.25) is 10.1 Å². The van der Waals surface area contributed by atoms with Crippen LogP contribution in [0.15, 0.2) is 36.9 Å². The summed E-state index contributed by atoms with van der Waals surface area (Å²) in [6.45, 7) is 0. The summed E-state index contributed by atoms with van der Waals surface area (Å²) in [4.78, 5) is 25.2. The van der Waals surface area contributed by atoms with Crippen LogP contribution in [0.2, 0.25) is 0 Å². The van der Waals surface area contributed by atoms with Gasteiger partial charge in [-0.05, 0) is 12.1 Å². The highest BCUT2D eigenvalue weighted by atomic mass is 16.6. The van der Waals surface area contributed by atoms with Crippen LogP contribution in [0.3, 0.4) is 0 Å². The van der Waals surface area contributed by atoms with Crippen LogP contribution in [-0.2, 0) is 0 Å². The number of hydrogen-bond acceptors (Lipinski definition) is 6. The Hall–Kier alpha value is -3.03. The van der Waals surface area contributed by atoms with Crippen molar-refractivity contribution >= 4 is 28.4 Å². The Labute approximate surface area is 106 Å². The van der Waals surface area contributed by atoms with E-state index in [1.807, 2.05) is 0 Å². The lowest BCUT2D eigenvalue weighted by molar-refractivity contribution is -0.384. The van der Waals surface area contributed by atoms with Crippen molar-refractivity contribution in [1.82, 2.24) is 19.9 Å². The van der Waals surface area contributed by atoms with E-state index in [1.54, 1.807) is 12.1 Å². The van der Waals surface area contributed by atoms with Gasteiger partial charge in [0.1, 0.15) is 6.33 Å². The number of nitrogens with zero attached hydrogens (tertiary/aromatic N) is 4. The number of rotatable bonds is 3. The molecule has 0 aliphatic rings. The average Bonchev–Trinajstić information content (AvgIpc) is 2.89. The molecule has 94 valence electrons. The summed E-state index contributed by atoms with van der Waals surface area (Å²) < 4.78 is 0. The zero-order valence-corrected chi connectivity index (χ0v) is 9.57. The minimum Gasteiger partial charge on any atom is -0.338 e. The fourth-order valence-electron chi connectivity index (χ4n) is 1.66. The fourth-order valence-corrected chi connectivity index (χ4v) is 1.66. The number of benzene rings is 1. The van der Waals surface area contributed by atoms with Gasteiger partial charge in [0.15, 0.2) is 17.0 Å². The van der Waals surface area contributed by atoms with E-state index < -0.39 is 4.92 Å². The second kappa shape index (κ2) is 4.33. The van der Waals surface area contributed by atoms with Gasteiger partial charge in [0.2, 0.25) is 0 Å². The fraction of sp³-hybridized carbons (Fsp3) is 0. The van der Waals surface area contributed by atoms with Crippen molar-refractivity contribution in [3.05, 3.63) is 47.0 Å².